The molecule has 0 saturated carbocycles. The number of rotatable bonds is 9. The quantitative estimate of drug-likeness (QED) is 0.451. The molecular weight excluding hydrogens is 266 g/mol. The van der Waals surface area contributed by atoms with Gasteiger partial charge < -0.3 is 25.7 Å². The lowest BCUT2D eigenvalue weighted by atomic mass is 10.2. The first kappa shape index (κ1) is 18.2. The van der Waals surface area contributed by atoms with Gasteiger partial charge in [0, 0.05) is 39.1 Å². The molecule has 0 unspecified atom stereocenters. The number of urea groups is 1. The summed E-state index contributed by atoms with van der Waals surface area (Å²) in [6, 6.07) is -1.81. The molecule has 0 bridgehead atoms. The van der Waals surface area contributed by atoms with Gasteiger partial charge in [0.2, 0.25) is 5.91 Å². The predicted octanol–water partition coefficient (Wildman–Crippen LogP) is -0.620. The topological polar surface area (TPSA) is 119 Å². The van der Waals surface area contributed by atoms with Crippen molar-refractivity contribution in [2.45, 2.75) is 32.7 Å². The standard InChI is InChI=1S/C12H23N3O5/c1-3-15(4-2)10(17)5-7-13-12(20)14-9(6-8-16)11(18)19/h9,16H,3-8H2,1-2H3,(H,18,19)(H2,13,14,20)/t9-/m0/s1. The van der Waals surface area contributed by atoms with Crippen LogP contribution < -0.4 is 10.6 Å². The van der Waals surface area contributed by atoms with Crippen molar-refractivity contribution in [1.82, 2.24) is 15.5 Å². The minimum Gasteiger partial charge on any atom is -0.480 e. The second kappa shape index (κ2) is 10.0. The molecule has 0 aliphatic heterocycles. The van der Waals surface area contributed by atoms with E-state index in [1.165, 1.54) is 0 Å². The number of aliphatic carboxylic acids is 1. The number of carboxylic acids is 1. The zero-order chi connectivity index (χ0) is 15.5. The Kier molecular flexibility index (Phi) is 9.10. The molecule has 0 aliphatic carbocycles. The number of aliphatic hydroxyl groups is 1. The number of hydrogen-bond donors (Lipinski definition) is 4. The summed E-state index contributed by atoms with van der Waals surface area (Å²) < 4.78 is 0. The summed E-state index contributed by atoms with van der Waals surface area (Å²) in [5.41, 5.74) is 0. The highest BCUT2D eigenvalue weighted by Gasteiger charge is 2.19. The average Bonchev–Trinajstić information content (AvgIpc) is 2.39. The SMILES string of the molecule is CCN(CC)C(=O)CCNC(=O)N[C@@H](CCO)C(=O)O. The van der Waals surface area contributed by atoms with Crippen LogP contribution in [0, 0.1) is 0 Å². The molecule has 20 heavy (non-hydrogen) atoms. The van der Waals surface area contributed by atoms with Crippen LogP contribution in [0.15, 0.2) is 0 Å². The van der Waals surface area contributed by atoms with Crippen molar-refractivity contribution in [2.24, 2.45) is 0 Å². The minimum atomic E-state index is -1.21. The van der Waals surface area contributed by atoms with E-state index in [9.17, 15) is 14.4 Å². The molecule has 0 spiro atoms. The highest BCUT2D eigenvalue weighted by molar-refractivity contribution is 5.83. The molecule has 0 rings (SSSR count). The summed E-state index contributed by atoms with van der Waals surface area (Å²) in [5, 5.41) is 22.1. The van der Waals surface area contributed by atoms with Crippen molar-refractivity contribution in [1.29, 1.82) is 0 Å². The van der Waals surface area contributed by atoms with Crippen molar-refractivity contribution >= 4 is 17.9 Å². The van der Waals surface area contributed by atoms with Gasteiger partial charge in [-0.25, -0.2) is 9.59 Å². The Morgan fingerprint density at radius 1 is 1.20 bits per heavy atom. The molecule has 0 aliphatic rings. The van der Waals surface area contributed by atoms with Crippen molar-refractivity contribution in [3.05, 3.63) is 0 Å². The van der Waals surface area contributed by atoms with Crippen LogP contribution in [0.3, 0.4) is 0 Å². The van der Waals surface area contributed by atoms with Crippen LogP contribution in [0.4, 0.5) is 4.79 Å². The Morgan fingerprint density at radius 3 is 2.25 bits per heavy atom. The second-order valence-electron chi connectivity index (χ2n) is 4.12. The van der Waals surface area contributed by atoms with E-state index in [2.05, 4.69) is 10.6 Å². The summed E-state index contributed by atoms with van der Waals surface area (Å²) in [5.74, 6) is -1.28. The predicted molar refractivity (Wildman–Crippen MR) is 72.2 cm³/mol. The molecule has 0 aromatic rings. The van der Waals surface area contributed by atoms with Crippen molar-refractivity contribution in [3.63, 3.8) is 0 Å². The average molecular weight is 289 g/mol. The molecule has 116 valence electrons. The minimum absolute atomic E-state index is 0.0683. The Hall–Kier alpha value is -1.83. The summed E-state index contributed by atoms with van der Waals surface area (Å²) >= 11 is 0. The Balaban J connectivity index is 4.04. The van der Waals surface area contributed by atoms with Gasteiger partial charge >= 0.3 is 12.0 Å². The van der Waals surface area contributed by atoms with Crippen LogP contribution in [0.5, 0.6) is 0 Å². The fourth-order valence-corrected chi connectivity index (χ4v) is 1.61. The summed E-state index contributed by atoms with van der Waals surface area (Å²) in [6.07, 6.45) is 0.0912. The second-order valence-corrected chi connectivity index (χ2v) is 4.12. The molecule has 8 nitrogen and oxygen atoms in total. The number of nitrogens with one attached hydrogen (secondary N) is 2. The molecule has 0 radical (unpaired) electrons. The Bertz CT molecular complexity index is 331. The van der Waals surface area contributed by atoms with E-state index in [0.29, 0.717) is 13.1 Å². The molecule has 0 heterocycles. The normalized spacial score (nSPS) is 11.6. The van der Waals surface area contributed by atoms with E-state index in [1.807, 2.05) is 13.8 Å². The molecule has 8 heteroatoms. The van der Waals surface area contributed by atoms with Crippen LogP contribution in [-0.4, -0.2) is 65.3 Å². The third kappa shape index (κ3) is 6.93. The summed E-state index contributed by atoms with van der Waals surface area (Å²) in [7, 11) is 0. The largest absolute Gasteiger partial charge is 0.480 e. The Morgan fingerprint density at radius 2 is 1.80 bits per heavy atom. The lowest BCUT2D eigenvalue weighted by molar-refractivity contribution is -0.139. The van der Waals surface area contributed by atoms with E-state index in [1.54, 1.807) is 4.90 Å². The van der Waals surface area contributed by atoms with E-state index in [-0.39, 0.29) is 31.9 Å². The van der Waals surface area contributed by atoms with Gasteiger partial charge in [-0.15, -0.1) is 0 Å². The molecule has 3 amide bonds. The van der Waals surface area contributed by atoms with Crippen molar-refractivity contribution in [3.8, 4) is 0 Å². The number of carbonyl (C=O) groups excluding carboxylic acids is 2. The number of carboxylic acid groups (broad SMARTS) is 1. The van der Waals surface area contributed by atoms with Gasteiger partial charge in [0.05, 0.1) is 0 Å². The van der Waals surface area contributed by atoms with Gasteiger partial charge in [0.1, 0.15) is 6.04 Å². The first-order valence-electron chi connectivity index (χ1n) is 6.62. The molecule has 0 saturated heterocycles. The van der Waals surface area contributed by atoms with Crippen molar-refractivity contribution < 1.29 is 24.6 Å². The van der Waals surface area contributed by atoms with Crippen LogP contribution in [-0.2, 0) is 9.59 Å². The lowest BCUT2D eigenvalue weighted by Gasteiger charge is -2.19. The number of aliphatic hydroxyl groups excluding tert-OH is 1. The van der Waals surface area contributed by atoms with Crippen LogP contribution in [0.25, 0.3) is 0 Å². The van der Waals surface area contributed by atoms with E-state index in [0.717, 1.165) is 0 Å². The van der Waals surface area contributed by atoms with E-state index >= 15 is 0 Å². The monoisotopic (exact) mass is 289 g/mol. The summed E-state index contributed by atoms with van der Waals surface area (Å²) in [6.45, 7) is 4.75. The van der Waals surface area contributed by atoms with Gasteiger partial charge in [0.25, 0.3) is 0 Å². The zero-order valence-electron chi connectivity index (χ0n) is 11.9. The number of hydrogen-bond acceptors (Lipinski definition) is 4. The highest BCUT2D eigenvalue weighted by atomic mass is 16.4. The van der Waals surface area contributed by atoms with Gasteiger partial charge in [-0.05, 0) is 13.8 Å². The summed E-state index contributed by atoms with van der Waals surface area (Å²) in [4.78, 5) is 35.5. The number of carbonyl (C=O) groups is 3. The van der Waals surface area contributed by atoms with E-state index < -0.39 is 18.0 Å². The highest BCUT2D eigenvalue weighted by Crippen LogP contribution is 1.94. The van der Waals surface area contributed by atoms with Crippen molar-refractivity contribution in [2.75, 3.05) is 26.2 Å². The van der Waals surface area contributed by atoms with Crippen LogP contribution in [0.2, 0.25) is 0 Å². The maximum Gasteiger partial charge on any atom is 0.326 e. The zero-order valence-corrected chi connectivity index (χ0v) is 11.9. The van der Waals surface area contributed by atoms with Gasteiger partial charge in [-0.2, -0.15) is 0 Å². The first-order valence-corrected chi connectivity index (χ1v) is 6.62. The maximum absolute atomic E-state index is 11.6. The fourth-order valence-electron chi connectivity index (χ4n) is 1.61. The number of amides is 3. The van der Waals surface area contributed by atoms with E-state index in [4.69, 9.17) is 10.2 Å². The van der Waals surface area contributed by atoms with Gasteiger partial charge in [-0.3, -0.25) is 4.79 Å². The maximum atomic E-state index is 11.6. The number of nitrogens with zero attached hydrogens (tertiary/aromatic N) is 1. The molecule has 1 atom stereocenters. The molecule has 0 aromatic heterocycles. The van der Waals surface area contributed by atoms with Gasteiger partial charge in [-0.1, -0.05) is 0 Å². The molecular formula is C12H23N3O5. The Labute approximate surface area is 118 Å². The third-order valence-electron chi connectivity index (χ3n) is 2.76. The van der Waals surface area contributed by atoms with Crippen LogP contribution in [0.1, 0.15) is 26.7 Å². The molecule has 0 aromatic carbocycles. The first-order chi connectivity index (χ1) is 9.46. The molecule has 0 fully saturated rings. The smallest absolute Gasteiger partial charge is 0.326 e. The third-order valence-corrected chi connectivity index (χ3v) is 2.76. The van der Waals surface area contributed by atoms with Crippen LogP contribution >= 0.6 is 0 Å². The fraction of sp³-hybridized carbons (Fsp3) is 0.750. The molecule has 4 N–H and O–H groups in total. The van der Waals surface area contributed by atoms with Gasteiger partial charge in [0.15, 0.2) is 0 Å². The lowest BCUT2D eigenvalue weighted by Crippen LogP contribution is -2.47.